The van der Waals surface area contributed by atoms with Crippen molar-refractivity contribution in [2.24, 2.45) is 0 Å². The lowest BCUT2D eigenvalue weighted by atomic mass is 9.84. The highest BCUT2D eigenvalue weighted by atomic mass is 16.2. The highest BCUT2D eigenvalue weighted by Gasteiger charge is 2.38. The highest BCUT2D eigenvalue weighted by Crippen LogP contribution is 2.40. The van der Waals surface area contributed by atoms with Gasteiger partial charge in [-0.3, -0.25) is 4.79 Å². The van der Waals surface area contributed by atoms with Crippen LogP contribution in [0.5, 0.6) is 0 Å². The van der Waals surface area contributed by atoms with Crippen LogP contribution in [0.2, 0.25) is 0 Å². The molecule has 0 saturated carbocycles. The third-order valence-electron chi connectivity index (χ3n) is 4.64. The van der Waals surface area contributed by atoms with Crippen LogP contribution in [0.3, 0.4) is 0 Å². The molecule has 0 saturated heterocycles. The number of carbonyl (C=O) groups excluding carboxylic acids is 1. The van der Waals surface area contributed by atoms with E-state index < -0.39 is 0 Å². The molecule has 0 aromatic heterocycles. The molecule has 3 heterocycles. The van der Waals surface area contributed by atoms with Crippen molar-refractivity contribution in [3.8, 4) is 0 Å². The molecule has 0 radical (unpaired) electrons. The highest BCUT2D eigenvalue weighted by molar-refractivity contribution is 5.95. The molecular weight excluding hydrogens is 236 g/mol. The maximum absolute atomic E-state index is 12.6. The molecule has 1 aromatic rings. The topological polar surface area (TPSA) is 32.3 Å². The van der Waals surface area contributed by atoms with E-state index in [4.69, 9.17) is 0 Å². The van der Waals surface area contributed by atoms with E-state index in [1.54, 1.807) is 0 Å². The Kier molecular flexibility index (Phi) is 2.40. The third-order valence-corrected chi connectivity index (χ3v) is 4.64. The molecule has 1 atom stereocenters. The Morgan fingerprint density at radius 3 is 3.05 bits per heavy atom. The monoisotopic (exact) mass is 254 g/mol. The molecule has 1 aromatic carbocycles. The summed E-state index contributed by atoms with van der Waals surface area (Å²) in [4.78, 5) is 14.7. The summed E-state index contributed by atoms with van der Waals surface area (Å²) in [5.74, 6) is 0.271. The Labute approximate surface area is 113 Å². The number of nitrogens with one attached hydrogen (secondary N) is 1. The SMILES string of the molecule is O=C1C2=C(CC3c4ccccc4CCN13)NCCC2. The molecule has 0 aliphatic carbocycles. The van der Waals surface area contributed by atoms with E-state index in [0.29, 0.717) is 0 Å². The Morgan fingerprint density at radius 2 is 2.11 bits per heavy atom. The number of benzene rings is 1. The molecule has 1 N–H and O–H groups in total. The summed E-state index contributed by atoms with van der Waals surface area (Å²) in [6.45, 7) is 1.89. The lowest BCUT2D eigenvalue weighted by Gasteiger charge is -2.43. The lowest BCUT2D eigenvalue weighted by Crippen LogP contribution is -2.46. The first kappa shape index (κ1) is 11.1. The van der Waals surface area contributed by atoms with Crippen molar-refractivity contribution in [1.29, 1.82) is 0 Å². The first-order chi connectivity index (χ1) is 9.34. The first-order valence-electron chi connectivity index (χ1n) is 7.19. The van der Waals surface area contributed by atoms with Gasteiger partial charge in [0.05, 0.1) is 6.04 Å². The van der Waals surface area contributed by atoms with Crippen LogP contribution in [0.25, 0.3) is 0 Å². The molecular formula is C16H18N2O. The van der Waals surface area contributed by atoms with E-state index in [9.17, 15) is 4.79 Å². The minimum Gasteiger partial charge on any atom is -0.388 e. The zero-order valence-corrected chi connectivity index (χ0v) is 11.0. The molecule has 1 unspecified atom stereocenters. The Morgan fingerprint density at radius 1 is 1.21 bits per heavy atom. The van der Waals surface area contributed by atoms with Crippen LogP contribution in [0.1, 0.15) is 36.4 Å². The van der Waals surface area contributed by atoms with Gasteiger partial charge < -0.3 is 10.2 Å². The van der Waals surface area contributed by atoms with Crippen molar-refractivity contribution in [3.63, 3.8) is 0 Å². The molecule has 98 valence electrons. The number of amides is 1. The number of fused-ring (bicyclic) bond motifs is 3. The third kappa shape index (κ3) is 1.61. The fraction of sp³-hybridized carbons (Fsp3) is 0.438. The van der Waals surface area contributed by atoms with Crippen molar-refractivity contribution >= 4 is 5.91 Å². The van der Waals surface area contributed by atoms with E-state index >= 15 is 0 Å². The summed E-state index contributed by atoms with van der Waals surface area (Å²) in [5, 5.41) is 3.45. The molecule has 19 heavy (non-hydrogen) atoms. The van der Waals surface area contributed by atoms with Gasteiger partial charge in [-0.1, -0.05) is 24.3 Å². The summed E-state index contributed by atoms with van der Waals surface area (Å²) >= 11 is 0. The van der Waals surface area contributed by atoms with Crippen LogP contribution in [-0.2, 0) is 11.2 Å². The van der Waals surface area contributed by atoms with Crippen molar-refractivity contribution in [1.82, 2.24) is 10.2 Å². The quantitative estimate of drug-likeness (QED) is 0.769. The Bertz CT molecular complexity index is 576. The van der Waals surface area contributed by atoms with Gasteiger partial charge in [0.1, 0.15) is 0 Å². The van der Waals surface area contributed by atoms with Gasteiger partial charge in [-0.15, -0.1) is 0 Å². The smallest absolute Gasteiger partial charge is 0.252 e. The van der Waals surface area contributed by atoms with Gasteiger partial charge in [-0.05, 0) is 30.4 Å². The van der Waals surface area contributed by atoms with Crippen LogP contribution in [0.4, 0.5) is 0 Å². The number of carbonyl (C=O) groups is 1. The van der Waals surface area contributed by atoms with Crippen LogP contribution < -0.4 is 5.32 Å². The molecule has 4 rings (SSSR count). The van der Waals surface area contributed by atoms with Crippen LogP contribution in [0, 0.1) is 0 Å². The van der Waals surface area contributed by atoms with Crippen LogP contribution in [0.15, 0.2) is 35.5 Å². The molecule has 3 aliphatic heterocycles. The molecule has 0 fully saturated rings. The van der Waals surface area contributed by atoms with E-state index in [-0.39, 0.29) is 11.9 Å². The van der Waals surface area contributed by atoms with Crippen LogP contribution >= 0.6 is 0 Å². The second-order valence-electron chi connectivity index (χ2n) is 5.65. The minimum atomic E-state index is 0.252. The molecule has 3 heteroatoms. The second kappa shape index (κ2) is 4.12. The van der Waals surface area contributed by atoms with Gasteiger partial charge in [0.15, 0.2) is 0 Å². The van der Waals surface area contributed by atoms with Crippen molar-refractivity contribution in [2.75, 3.05) is 13.1 Å². The van der Waals surface area contributed by atoms with Crippen molar-refractivity contribution in [2.45, 2.75) is 31.7 Å². The van der Waals surface area contributed by atoms with Crippen molar-refractivity contribution < 1.29 is 4.79 Å². The standard InChI is InChI=1S/C16H18N2O/c19-16-13-6-3-8-17-14(13)10-15-12-5-2-1-4-11(12)7-9-18(15)16/h1-2,4-5,15,17H,3,6-10H2. The number of nitrogens with zero attached hydrogens (tertiary/aromatic N) is 1. The van der Waals surface area contributed by atoms with Gasteiger partial charge in [-0.25, -0.2) is 0 Å². The van der Waals surface area contributed by atoms with E-state index in [1.807, 2.05) is 0 Å². The van der Waals surface area contributed by atoms with Gasteiger partial charge in [-0.2, -0.15) is 0 Å². The van der Waals surface area contributed by atoms with Gasteiger partial charge in [0, 0.05) is 30.8 Å². The average molecular weight is 254 g/mol. The average Bonchev–Trinajstić information content (AvgIpc) is 2.47. The van der Waals surface area contributed by atoms with Gasteiger partial charge >= 0.3 is 0 Å². The lowest BCUT2D eigenvalue weighted by molar-refractivity contribution is -0.131. The van der Waals surface area contributed by atoms with Crippen LogP contribution in [-0.4, -0.2) is 23.9 Å². The number of hydrogen-bond acceptors (Lipinski definition) is 2. The molecule has 0 bridgehead atoms. The fourth-order valence-corrected chi connectivity index (χ4v) is 3.67. The molecule has 1 amide bonds. The van der Waals surface area contributed by atoms with Gasteiger partial charge in [0.25, 0.3) is 5.91 Å². The number of rotatable bonds is 0. The zero-order valence-electron chi connectivity index (χ0n) is 11.0. The number of hydrogen-bond donors (Lipinski definition) is 1. The Hall–Kier alpha value is -1.77. The predicted molar refractivity (Wildman–Crippen MR) is 73.5 cm³/mol. The zero-order chi connectivity index (χ0) is 12.8. The van der Waals surface area contributed by atoms with E-state index in [1.165, 1.54) is 16.8 Å². The maximum Gasteiger partial charge on any atom is 0.252 e. The van der Waals surface area contributed by atoms with Crippen molar-refractivity contribution in [3.05, 3.63) is 46.7 Å². The summed E-state index contributed by atoms with van der Waals surface area (Å²) in [5.41, 5.74) is 5.01. The normalized spacial score (nSPS) is 25.4. The molecule has 3 aliphatic rings. The second-order valence-corrected chi connectivity index (χ2v) is 5.65. The van der Waals surface area contributed by atoms with Gasteiger partial charge in [0.2, 0.25) is 0 Å². The summed E-state index contributed by atoms with van der Waals surface area (Å²) in [7, 11) is 0. The summed E-state index contributed by atoms with van der Waals surface area (Å²) in [6.07, 6.45) is 4.00. The summed E-state index contributed by atoms with van der Waals surface area (Å²) < 4.78 is 0. The first-order valence-corrected chi connectivity index (χ1v) is 7.19. The maximum atomic E-state index is 12.6. The minimum absolute atomic E-state index is 0.252. The largest absolute Gasteiger partial charge is 0.388 e. The molecule has 3 nitrogen and oxygen atoms in total. The molecule has 0 spiro atoms. The van der Waals surface area contributed by atoms with E-state index in [2.05, 4.69) is 34.5 Å². The fourth-order valence-electron chi connectivity index (χ4n) is 3.67. The predicted octanol–water partition coefficient (Wildman–Crippen LogP) is 2.15. The Balaban J connectivity index is 1.78. The van der Waals surface area contributed by atoms with E-state index in [0.717, 1.165) is 44.3 Å². The summed E-state index contributed by atoms with van der Waals surface area (Å²) in [6, 6.07) is 8.83.